The minimum atomic E-state index is 0.146. The highest BCUT2D eigenvalue weighted by molar-refractivity contribution is 9.10. The van der Waals surface area contributed by atoms with Crippen molar-refractivity contribution in [3.8, 4) is 0 Å². The number of benzene rings is 1. The maximum atomic E-state index is 11.7. The van der Waals surface area contributed by atoms with E-state index in [1.165, 1.54) is 0 Å². The molecule has 1 unspecified atom stereocenters. The molecule has 0 saturated carbocycles. The Kier molecular flexibility index (Phi) is 3.96. The fourth-order valence-corrected chi connectivity index (χ4v) is 2.31. The first-order valence-corrected chi connectivity index (χ1v) is 6.28. The fraction of sp³-hybridized carbons (Fsp3) is 0.417. The van der Waals surface area contributed by atoms with Crippen molar-refractivity contribution in [3.63, 3.8) is 0 Å². The third kappa shape index (κ3) is 3.06. The maximum absolute atomic E-state index is 11.7. The van der Waals surface area contributed by atoms with E-state index in [0.717, 1.165) is 29.5 Å². The van der Waals surface area contributed by atoms with E-state index >= 15 is 0 Å². The molecule has 1 aliphatic rings. The Morgan fingerprint density at radius 1 is 1.56 bits per heavy atom. The summed E-state index contributed by atoms with van der Waals surface area (Å²) in [5, 5.41) is 6.16. The Morgan fingerprint density at radius 2 is 2.44 bits per heavy atom. The lowest BCUT2D eigenvalue weighted by Gasteiger charge is -2.09. The molecule has 1 fully saturated rings. The third-order valence-electron chi connectivity index (χ3n) is 2.79. The standard InChI is InChI=1S/C12H15BrN2O/c13-11-3-1-2-9(6-11)7-15-12(16)10-4-5-14-8-10/h1-3,6,10,14H,4-5,7-8H2,(H,15,16). The summed E-state index contributed by atoms with van der Waals surface area (Å²) in [5.41, 5.74) is 1.12. The number of rotatable bonds is 3. The quantitative estimate of drug-likeness (QED) is 0.886. The van der Waals surface area contributed by atoms with Gasteiger partial charge in [0.25, 0.3) is 0 Å². The van der Waals surface area contributed by atoms with Crippen molar-refractivity contribution in [2.45, 2.75) is 13.0 Å². The van der Waals surface area contributed by atoms with Crippen LogP contribution in [0.15, 0.2) is 28.7 Å². The summed E-state index contributed by atoms with van der Waals surface area (Å²) in [6, 6.07) is 7.99. The second-order valence-corrected chi connectivity index (χ2v) is 4.95. The second-order valence-electron chi connectivity index (χ2n) is 4.04. The van der Waals surface area contributed by atoms with E-state index in [9.17, 15) is 4.79 Å². The van der Waals surface area contributed by atoms with Gasteiger partial charge in [-0.15, -0.1) is 0 Å². The van der Waals surface area contributed by atoms with E-state index in [4.69, 9.17) is 0 Å². The first-order valence-electron chi connectivity index (χ1n) is 5.48. The van der Waals surface area contributed by atoms with E-state index in [0.29, 0.717) is 6.54 Å². The predicted octanol–water partition coefficient (Wildman–Crippen LogP) is 1.67. The van der Waals surface area contributed by atoms with Crippen molar-refractivity contribution >= 4 is 21.8 Å². The van der Waals surface area contributed by atoms with Gasteiger partial charge in [-0.1, -0.05) is 28.1 Å². The normalized spacial score (nSPS) is 19.7. The molecule has 2 rings (SSSR count). The molecule has 0 bridgehead atoms. The van der Waals surface area contributed by atoms with Crippen LogP contribution in [0.3, 0.4) is 0 Å². The van der Waals surface area contributed by atoms with Gasteiger partial charge in [0, 0.05) is 17.6 Å². The molecule has 0 aliphatic carbocycles. The first kappa shape index (κ1) is 11.6. The van der Waals surface area contributed by atoms with Crippen molar-refractivity contribution in [2.75, 3.05) is 13.1 Å². The lowest BCUT2D eigenvalue weighted by atomic mass is 10.1. The molecule has 1 atom stereocenters. The SMILES string of the molecule is O=C(NCc1cccc(Br)c1)C1CCNC1. The molecule has 0 radical (unpaired) electrons. The number of hydrogen-bond acceptors (Lipinski definition) is 2. The van der Waals surface area contributed by atoms with Gasteiger partial charge in [-0.3, -0.25) is 4.79 Å². The van der Waals surface area contributed by atoms with E-state index in [2.05, 4.69) is 26.6 Å². The van der Waals surface area contributed by atoms with Gasteiger partial charge in [-0.25, -0.2) is 0 Å². The fourth-order valence-electron chi connectivity index (χ4n) is 1.86. The van der Waals surface area contributed by atoms with Gasteiger partial charge in [0.1, 0.15) is 0 Å². The summed E-state index contributed by atoms with van der Waals surface area (Å²) in [4.78, 5) is 11.7. The Bertz CT molecular complexity index is 375. The van der Waals surface area contributed by atoms with Crippen molar-refractivity contribution < 1.29 is 4.79 Å². The summed E-state index contributed by atoms with van der Waals surface area (Å²) >= 11 is 3.41. The first-order chi connectivity index (χ1) is 7.75. The molecule has 1 amide bonds. The van der Waals surface area contributed by atoms with Gasteiger partial charge < -0.3 is 10.6 Å². The molecule has 16 heavy (non-hydrogen) atoms. The molecule has 3 nitrogen and oxygen atoms in total. The lowest BCUT2D eigenvalue weighted by molar-refractivity contribution is -0.124. The highest BCUT2D eigenvalue weighted by atomic mass is 79.9. The van der Waals surface area contributed by atoms with E-state index < -0.39 is 0 Å². The zero-order valence-electron chi connectivity index (χ0n) is 9.00. The van der Waals surface area contributed by atoms with Crippen molar-refractivity contribution in [2.24, 2.45) is 5.92 Å². The van der Waals surface area contributed by atoms with E-state index in [1.807, 2.05) is 24.3 Å². The van der Waals surface area contributed by atoms with Gasteiger partial charge in [0.15, 0.2) is 0 Å². The van der Waals surface area contributed by atoms with Crippen LogP contribution in [0.2, 0.25) is 0 Å². The molecule has 1 aliphatic heterocycles. The van der Waals surface area contributed by atoms with Crippen LogP contribution >= 0.6 is 15.9 Å². The average molecular weight is 283 g/mol. The largest absolute Gasteiger partial charge is 0.352 e. The minimum Gasteiger partial charge on any atom is -0.352 e. The second kappa shape index (κ2) is 5.46. The van der Waals surface area contributed by atoms with E-state index in [1.54, 1.807) is 0 Å². The maximum Gasteiger partial charge on any atom is 0.224 e. The van der Waals surface area contributed by atoms with E-state index in [-0.39, 0.29) is 11.8 Å². The van der Waals surface area contributed by atoms with Crippen LogP contribution in [0.1, 0.15) is 12.0 Å². The Hall–Kier alpha value is -0.870. The molecule has 1 heterocycles. The number of halogens is 1. The smallest absolute Gasteiger partial charge is 0.224 e. The van der Waals surface area contributed by atoms with Gasteiger partial charge in [-0.2, -0.15) is 0 Å². The molecule has 0 aromatic heterocycles. The van der Waals surface area contributed by atoms with Gasteiger partial charge >= 0.3 is 0 Å². The third-order valence-corrected chi connectivity index (χ3v) is 3.28. The molecule has 1 aromatic carbocycles. The average Bonchev–Trinajstić information content (AvgIpc) is 2.79. The monoisotopic (exact) mass is 282 g/mol. The molecular formula is C12H15BrN2O. The van der Waals surface area contributed by atoms with Gasteiger partial charge in [-0.05, 0) is 30.7 Å². The number of carbonyl (C=O) groups excluding carboxylic acids is 1. The number of amides is 1. The van der Waals surface area contributed by atoms with Crippen molar-refractivity contribution in [3.05, 3.63) is 34.3 Å². The molecule has 4 heteroatoms. The van der Waals surface area contributed by atoms with Crippen LogP contribution in [0.5, 0.6) is 0 Å². The highest BCUT2D eigenvalue weighted by Crippen LogP contribution is 2.12. The highest BCUT2D eigenvalue weighted by Gasteiger charge is 2.21. The zero-order valence-corrected chi connectivity index (χ0v) is 10.6. The molecule has 1 saturated heterocycles. The molecule has 2 N–H and O–H groups in total. The van der Waals surface area contributed by atoms with Crippen LogP contribution < -0.4 is 10.6 Å². The predicted molar refractivity (Wildman–Crippen MR) is 67.0 cm³/mol. The van der Waals surface area contributed by atoms with Crippen LogP contribution in [-0.4, -0.2) is 19.0 Å². The van der Waals surface area contributed by atoms with Crippen LogP contribution in [0.4, 0.5) is 0 Å². The van der Waals surface area contributed by atoms with Crippen molar-refractivity contribution in [1.29, 1.82) is 0 Å². The lowest BCUT2D eigenvalue weighted by Crippen LogP contribution is -2.31. The summed E-state index contributed by atoms with van der Waals surface area (Å²) < 4.78 is 1.04. The van der Waals surface area contributed by atoms with Crippen molar-refractivity contribution in [1.82, 2.24) is 10.6 Å². The van der Waals surface area contributed by atoms with Crippen LogP contribution in [0, 0.1) is 5.92 Å². The number of nitrogens with one attached hydrogen (secondary N) is 2. The zero-order chi connectivity index (χ0) is 11.4. The summed E-state index contributed by atoms with van der Waals surface area (Å²) in [7, 11) is 0. The summed E-state index contributed by atoms with van der Waals surface area (Å²) in [5.74, 6) is 0.303. The number of hydrogen-bond donors (Lipinski definition) is 2. The summed E-state index contributed by atoms with van der Waals surface area (Å²) in [6.45, 7) is 2.37. The minimum absolute atomic E-state index is 0.146. The van der Waals surface area contributed by atoms with Crippen LogP contribution in [0.25, 0.3) is 0 Å². The molecule has 86 valence electrons. The molecular weight excluding hydrogens is 268 g/mol. The Labute approximate surface area is 104 Å². The molecule has 1 aromatic rings. The van der Waals surface area contributed by atoms with Gasteiger partial charge in [0.05, 0.1) is 5.92 Å². The van der Waals surface area contributed by atoms with Crippen LogP contribution in [-0.2, 0) is 11.3 Å². The van der Waals surface area contributed by atoms with Gasteiger partial charge in [0.2, 0.25) is 5.91 Å². The summed E-state index contributed by atoms with van der Waals surface area (Å²) in [6.07, 6.45) is 0.949. The number of carbonyl (C=O) groups is 1. The molecule has 0 spiro atoms. The Morgan fingerprint density at radius 3 is 3.12 bits per heavy atom. The topological polar surface area (TPSA) is 41.1 Å². The Balaban J connectivity index is 1.84.